The Morgan fingerprint density at radius 3 is 2.49 bits per heavy atom. The van der Waals surface area contributed by atoms with Gasteiger partial charge in [0.25, 0.3) is 0 Å². The van der Waals surface area contributed by atoms with Crippen LogP contribution in [0.3, 0.4) is 0 Å². The minimum atomic E-state index is 0.000118. The minimum Gasteiger partial charge on any atom is -0.396 e. The van der Waals surface area contributed by atoms with Crippen molar-refractivity contribution in [1.29, 1.82) is 5.41 Å². The average Bonchev–Trinajstić information content (AvgIpc) is 3.39. The fourth-order valence-corrected chi connectivity index (χ4v) is 7.19. The Bertz CT molecular complexity index is 923. The number of allylic oxidation sites excluding steroid dienone is 2. The van der Waals surface area contributed by atoms with Crippen LogP contribution < -0.4 is 0 Å². The molecule has 1 heterocycles. The van der Waals surface area contributed by atoms with Gasteiger partial charge >= 0.3 is 0 Å². The van der Waals surface area contributed by atoms with Gasteiger partial charge in [-0.05, 0) is 88.3 Å². The number of nitrogens with one attached hydrogen (secondary N) is 1. The maximum Gasteiger partial charge on any atom is 0.229 e. The molecule has 5 atom stereocenters. The minimum absolute atomic E-state index is 0.000118. The standard InChI is InChI=1S/C19H27NO.C7H13N3O2.C2H6/c1-18-9-7-13(20)11-12(18)3-4-14-15-5-6-17(21)19(15,2)10-8-16(14)18;1-10(2)5-6-8-7(3-4-11)12-9-6;1-2/h11,14-16,20H,3-10H2,1-2H3;11H,3-5H2,1-2H3;1-2H3/t14?,15?,16?,18-,19-;;/m0../s1. The summed E-state index contributed by atoms with van der Waals surface area (Å²) in [4.78, 5) is 18.4. The first kappa shape index (κ1) is 27.7. The Balaban J connectivity index is 0.000000210. The molecular formula is C28H46N4O3. The molecule has 4 aliphatic carbocycles. The molecule has 0 radical (unpaired) electrons. The first-order chi connectivity index (χ1) is 16.7. The molecule has 7 nitrogen and oxygen atoms in total. The van der Waals surface area contributed by atoms with Gasteiger partial charge in [-0.3, -0.25) is 4.79 Å². The van der Waals surface area contributed by atoms with Crippen LogP contribution in [-0.2, 0) is 17.8 Å². The van der Waals surface area contributed by atoms with E-state index in [9.17, 15) is 4.79 Å². The van der Waals surface area contributed by atoms with Gasteiger partial charge in [0, 0.05) is 17.5 Å². The second-order valence-corrected chi connectivity index (χ2v) is 11.3. The Morgan fingerprint density at radius 2 is 1.80 bits per heavy atom. The quantitative estimate of drug-likeness (QED) is 0.604. The molecule has 1 aromatic heterocycles. The molecule has 3 fully saturated rings. The Hall–Kier alpha value is -1.86. The highest BCUT2D eigenvalue weighted by atomic mass is 16.5. The van der Waals surface area contributed by atoms with Gasteiger partial charge < -0.3 is 19.9 Å². The highest BCUT2D eigenvalue weighted by molar-refractivity contribution is 5.94. The van der Waals surface area contributed by atoms with Crippen molar-refractivity contribution in [2.75, 3.05) is 20.7 Å². The van der Waals surface area contributed by atoms with Crippen LogP contribution in [0.5, 0.6) is 0 Å². The maximum atomic E-state index is 12.4. The van der Waals surface area contributed by atoms with Crippen LogP contribution in [0.25, 0.3) is 0 Å². The molecule has 0 bridgehead atoms. The number of ketones is 1. The number of rotatable bonds is 4. The molecule has 35 heavy (non-hydrogen) atoms. The lowest BCUT2D eigenvalue weighted by Gasteiger charge is -2.57. The molecule has 0 spiro atoms. The van der Waals surface area contributed by atoms with Gasteiger partial charge in [-0.1, -0.05) is 38.4 Å². The molecule has 0 amide bonds. The molecule has 4 aliphatic rings. The van der Waals surface area contributed by atoms with E-state index in [1.165, 1.54) is 19.3 Å². The topological polar surface area (TPSA) is 103 Å². The highest BCUT2D eigenvalue weighted by Crippen LogP contribution is 2.64. The molecule has 0 aromatic carbocycles. The summed E-state index contributed by atoms with van der Waals surface area (Å²) in [6, 6.07) is 0. The van der Waals surface area contributed by atoms with E-state index in [1.54, 1.807) is 5.57 Å². The van der Waals surface area contributed by atoms with Gasteiger partial charge in [0.2, 0.25) is 5.89 Å². The maximum absolute atomic E-state index is 12.4. The van der Waals surface area contributed by atoms with E-state index in [4.69, 9.17) is 15.0 Å². The fraction of sp³-hybridized carbons (Fsp3) is 0.786. The van der Waals surface area contributed by atoms with E-state index in [0.29, 0.717) is 41.8 Å². The van der Waals surface area contributed by atoms with E-state index in [2.05, 4.69) is 30.1 Å². The third kappa shape index (κ3) is 5.61. The first-order valence-corrected chi connectivity index (χ1v) is 13.6. The Morgan fingerprint density at radius 1 is 1.09 bits per heavy atom. The van der Waals surface area contributed by atoms with E-state index in [-0.39, 0.29) is 12.0 Å². The number of hydrogen-bond acceptors (Lipinski definition) is 7. The molecule has 3 saturated carbocycles. The number of nitrogens with zero attached hydrogens (tertiary/aromatic N) is 3. The van der Waals surface area contributed by atoms with Crippen LogP contribution in [-0.4, -0.2) is 52.3 Å². The van der Waals surface area contributed by atoms with Gasteiger partial charge in [0.15, 0.2) is 5.82 Å². The van der Waals surface area contributed by atoms with Gasteiger partial charge in [-0.15, -0.1) is 0 Å². The second-order valence-electron chi connectivity index (χ2n) is 11.3. The van der Waals surface area contributed by atoms with Crippen molar-refractivity contribution in [3.05, 3.63) is 23.4 Å². The van der Waals surface area contributed by atoms with Gasteiger partial charge in [-0.25, -0.2) is 0 Å². The molecule has 1 aromatic rings. The highest BCUT2D eigenvalue weighted by Gasteiger charge is 2.58. The number of hydrogen-bond donors (Lipinski definition) is 2. The van der Waals surface area contributed by atoms with Gasteiger partial charge in [-0.2, -0.15) is 4.98 Å². The fourth-order valence-electron chi connectivity index (χ4n) is 7.19. The van der Waals surface area contributed by atoms with E-state index in [1.807, 2.05) is 32.8 Å². The molecular weight excluding hydrogens is 440 g/mol. The number of aliphatic hydroxyl groups is 1. The van der Waals surface area contributed by atoms with Crippen molar-refractivity contribution in [1.82, 2.24) is 15.0 Å². The summed E-state index contributed by atoms with van der Waals surface area (Å²) < 4.78 is 4.86. The van der Waals surface area contributed by atoms with Crippen LogP contribution in [0.2, 0.25) is 0 Å². The van der Waals surface area contributed by atoms with E-state index in [0.717, 1.165) is 49.7 Å². The molecule has 5 rings (SSSR count). The summed E-state index contributed by atoms with van der Waals surface area (Å²) in [6.07, 6.45) is 11.5. The number of carbonyl (C=O) groups excluding carboxylic acids is 1. The predicted octanol–water partition coefficient (Wildman–Crippen LogP) is 5.23. The molecule has 2 N–H and O–H groups in total. The zero-order chi connectivity index (χ0) is 25.8. The Kier molecular flexibility index (Phi) is 9.08. The normalized spacial score (nSPS) is 33.5. The zero-order valence-electron chi connectivity index (χ0n) is 22.7. The van der Waals surface area contributed by atoms with Crippen molar-refractivity contribution in [3.63, 3.8) is 0 Å². The number of aromatic nitrogens is 2. The average molecular weight is 487 g/mol. The van der Waals surface area contributed by atoms with Crippen molar-refractivity contribution in [3.8, 4) is 0 Å². The first-order valence-electron chi connectivity index (χ1n) is 13.6. The van der Waals surface area contributed by atoms with Crippen LogP contribution in [0.15, 0.2) is 16.2 Å². The Labute approximate surface area is 211 Å². The van der Waals surface area contributed by atoms with Crippen molar-refractivity contribution in [2.45, 2.75) is 92.0 Å². The molecule has 3 unspecified atom stereocenters. The molecule has 0 saturated heterocycles. The lowest BCUT2D eigenvalue weighted by atomic mass is 9.47. The van der Waals surface area contributed by atoms with Crippen LogP contribution in [0.1, 0.15) is 90.8 Å². The summed E-state index contributed by atoms with van der Waals surface area (Å²) in [7, 11) is 3.87. The zero-order valence-corrected chi connectivity index (χ0v) is 22.7. The van der Waals surface area contributed by atoms with Crippen molar-refractivity contribution >= 4 is 11.5 Å². The number of aliphatic hydroxyl groups excluding tert-OH is 1. The summed E-state index contributed by atoms with van der Waals surface area (Å²) in [6.45, 7) is 9.42. The van der Waals surface area contributed by atoms with Crippen LogP contribution in [0.4, 0.5) is 0 Å². The summed E-state index contributed by atoms with van der Waals surface area (Å²) in [5, 5.41) is 20.3. The van der Waals surface area contributed by atoms with Crippen LogP contribution >= 0.6 is 0 Å². The lowest BCUT2D eigenvalue weighted by Crippen LogP contribution is -2.50. The predicted molar refractivity (Wildman–Crippen MR) is 138 cm³/mol. The van der Waals surface area contributed by atoms with Gasteiger partial charge in [0.1, 0.15) is 5.78 Å². The molecule has 196 valence electrons. The third-order valence-corrected chi connectivity index (χ3v) is 9.00. The number of carbonyl (C=O) groups is 1. The van der Waals surface area contributed by atoms with Gasteiger partial charge in [0.05, 0.1) is 19.6 Å². The van der Waals surface area contributed by atoms with Crippen molar-refractivity contribution < 1.29 is 14.4 Å². The molecule has 0 aliphatic heterocycles. The molecule has 7 heteroatoms. The van der Waals surface area contributed by atoms with E-state index < -0.39 is 0 Å². The summed E-state index contributed by atoms with van der Waals surface area (Å²) >= 11 is 0. The number of fused-ring (bicyclic) bond motifs is 5. The van der Waals surface area contributed by atoms with E-state index >= 15 is 0 Å². The third-order valence-electron chi connectivity index (χ3n) is 9.00. The SMILES string of the molecule is CC.CN(C)Cc1noc(CCO)n1.C[C@]12CCC(=N)C=C1CCC1C2CC[C@]2(C)C(=O)CCC12. The van der Waals surface area contributed by atoms with Crippen LogP contribution in [0, 0.1) is 34.0 Å². The van der Waals surface area contributed by atoms with Crippen molar-refractivity contribution in [2.24, 2.45) is 28.6 Å². The second kappa shape index (κ2) is 11.5. The summed E-state index contributed by atoms with van der Waals surface area (Å²) in [5.41, 5.74) is 2.70. The monoisotopic (exact) mass is 486 g/mol. The lowest BCUT2D eigenvalue weighted by molar-refractivity contribution is -0.132. The largest absolute Gasteiger partial charge is 0.396 e. The summed E-state index contributed by atoms with van der Waals surface area (Å²) in [5.74, 6) is 3.85. The number of Topliss-reactive ketones (excluding diaryl/α,β-unsaturated/α-hetero) is 1. The smallest absolute Gasteiger partial charge is 0.229 e.